The van der Waals surface area contributed by atoms with Crippen molar-refractivity contribution in [1.29, 1.82) is 0 Å². The van der Waals surface area contributed by atoms with Crippen LogP contribution in [0.25, 0.3) is 0 Å². The first-order chi connectivity index (χ1) is 14.3. The summed E-state index contributed by atoms with van der Waals surface area (Å²) < 4.78 is 0. The molecule has 11 heteroatoms. The molecule has 0 aromatic heterocycles. The highest BCUT2D eigenvalue weighted by Crippen LogP contribution is 2.02. The molecule has 11 nitrogen and oxygen atoms in total. The molecular formula is C19H36N6O5. The lowest BCUT2D eigenvalue weighted by atomic mass is 10.1. The maximum Gasteiger partial charge on any atom is 0.242 e. The van der Waals surface area contributed by atoms with E-state index in [2.05, 4.69) is 31.9 Å². The summed E-state index contributed by atoms with van der Waals surface area (Å²) in [5.74, 6) is -1.61. The molecule has 0 radical (unpaired) electrons. The van der Waals surface area contributed by atoms with Crippen molar-refractivity contribution >= 4 is 29.5 Å². The Morgan fingerprint density at radius 3 is 1.80 bits per heavy atom. The second-order valence-corrected chi connectivity index (χ2v) is 6.89. The average Bonchev–Trinajstić information content (AvgIpc) is 2.69. The lowest BCUT2D eigenvalue weighted by molar-refractivity contribution is -0.129. The van der Waals surface area contributed by atoms with Crippen LogP contribution >= 0.6 is 0 Å². The fourth-order valence-corrected chi connectivity index (χ4v) is 2.45. The first kappa shape index (κ1) is 27.3. The van der Waals surface area contributed by atoms with Crippen molar-refractivity contribution in [2.45, 2.75) is 52.0 Å². The lowest BCUT2D eigenvalue weighted by Crippen LogP contribution is -2.49. The number of carbonyl (C=O) groups excluding carboxylic acids is 5. The van der Waals surface area contributed by atoms with Crippen LogP contribution in [0.5, 0.6) is 0 Å². The molecular weight excluding hydrogens is 392 g/mol. The molecule has 172 valence electrons. The predicted molar refractivity (Wildman–Crippen MR) is 112 cm³/mol. The maximum atomic E-state index is 12.4. The van der Waals surface area contributed by atoms with Crippen molar-refractivity contribution in [3.63, 3.8) is 0 Å². The predicted octanol–water partition coefficient (Wildman–Crippen LogP) is -1.85. The molecule has 0 aliphatic heterocycles. The standard InChI is InChI=1S/C19H36N6O5/c1-14(26)23-12-17(28)21-10-5-4-8-16(25-18(29)13-24-15(2)27)19(30)22-11-7-6-9-20-3/h16,20H,4-13H2,1-3H3,(H,21,28)(H,22,30)(H,23,26)(H,24,27)(H,25,29). The molecule has 0 rings (SSSR count). The SMILES string of the molecule is CNCCCCNC(=O)C(CCCCNC(=O)CNC(C)=O)NC(=O)CNC(C)=O. The second kappa shape index (κ2) is 17.2. The number of carbonyl (C=O) groups is 5. The molecule has 0 spiro atoms. The van der Waals surface area contributed by atoms with Gasteiger partial charge in [0, 0.05) is 26.9 Å². The van der Waals surface area contributed by atoms with Gasteiger partial charge in [0.25, 0.3) is 0 Å². The number of unbranched alkanes of at least 4 members (excludes halogenated alkanes) is 2. The summed E-state index contributed by atoms with van der Waals surface area (Å²) in [6.45, 7) is 4.14. The number of hydrogen-bond acceptors (Lipinski definition) is 6. The molecule has 0 fully saturated rings. The monoisotopic (exact) mass is 428 g/mol. The largest absolute Gasteiger partial charge is 0.355 e. The summed E-state index contributed by atoms with van der Waals surface area (Å²) in [5.41, 5.74) is 0. The third-order valence-corrected chi connectivity index (χ3v) is 4.04. The van der Waals surface area contributed by atoms with Crippen LogP contribution in [0, 0.1) is 0 Å². The average molecular weight is 429 g/mol. The molecule has 0 saturated carbocycles. The third-order valence-electron chi connectivity index (χ3n) is 4.04. The first-order valence-electron chi connectivity index (χ1n) is 10.2. The zero-order valence-corrected chi connectivity index (χ0v) is 18.2. The Bertz CT molecular complexity index is 570. The number of nitrogens with one attached hydrogen (secondary N) is 6. The summed E-state index contributed by atoms with van der Waals surface area (Å²) in [6.07, 6.45) is 3.35. The molecule has 0 bridgehead atoms. The molecule has 5 amide bonds. The van der Waals surface area contributed by atoms with Crippen LogP contribution in [0.2, 0.25) is 0 Å². The van der Waals surface area contributed by atoms with E-state index in [0.717, 1.165) is 19.4 Å². The highest BCUT2D eigenvalue weighted by atomic mass is 16.2. The normalized spacial score (nSPS) is 11.2. The zero-order valence-electron chi connectivity index (χ0n) is 18.2. The van der Waals surface area contributed by atoms with E-state index < -0.39 is 11.9 Å². The van der Waals surface area contributed by atoms with E-state index in [1.165, 1.54) is 13.8 Å². The van der Waals surface area contributed by atoms with Gasteiger partial charge < -0.3 is 31.9 Å². The van der Waals surface area contributed by atoms with Crippen LogP contribution < -0.4 is 31.9 Å². The Kier molecular flexibility index (Phi) is 15.7. The second-order valence-electron chi connectivity index (χ2n) is 6.89. The summed E-state index contributed by atoms with van der Waals surface area (Å²) in [5, 5.41) is 16.0. The maximum absolute atomic E-state index is 12.4. The van der Waals surface area contributed by atoms with Gasteiger partial charge in [0.05, 0.1) is 13.1 Å². The Labute approximate surface area is 177 Å². The molecule has 0 heterocycles. The minimum atomic E-state index is -0.717. The van der Waals surface area contributed by atoms with E-state index in [1.807, 2.05) is 7.05 Å². The van der Waals surface area contributed by atoms with Gasteiger partial charge in [-0.15, -0.1) is 0 Å². The Morgan fingerprint density at radius 2 is 1.20 bits per heavy atom. The lowest BCUT2D eigenvalue weighted by Gasteiger charge is -2.19. The first-order valence-corrected chi connectivity index (χ1v) is 10.2. The molecule has 1 atom stereocenters. The highest BCUT2D eigenvalue weighted by molar-refractivity contribution is 5.89. The molecule has 0 aromatic rings. The highest BCUT2D eigenvalue weighted by Gasteiger charge is 2.20. The molecule has 1 unspecified atom stereocenters. The van der Waals surface area contributed by atoms with Crippen molar-refractivity contribution in [3.8, 4) is 0 Å². The van der Waals surface area contributed by atoms with Crippen LogP contribution in [0.15, 0.2) is 0 Å². The van der Waals surface area contributed by atoms with E-state index in [4.69, 9.17) is 0 Å². The van der Waals surface area contributed by atoms with Gasteiger partial charge in [-0.25, -0.2) is 0 Å². The smallest absolute Gasteiger partial charge is 0.242 e. The Morgan fingerprint density at radius 1 is 0.667 bits per heavy atom. The number of rotatable bonds is 16. The van der Waals surface area contributed by atoms with Crippen LogP contribution in [0.3, 0.4) is 0 Å². The quantitative estimate of drug-likeness (QED) is 0.158. The van der Waals surface area contributed by atoms with Crippen LogP contribution in [-0.2, 0) is 24.0 Å². The number of amides is 5. The zero-order chi connectivity index (χ0) is 22.8. The van der Waals surface area contributed by atoms with Crippen molar-refractivity contribution in [2.75, 3.05) is 39.8 Å². The van der Waals surface area contributed by atoms with Gasteiger partial charge in [0.2, 0.25) is 29.5 Å². The van der Waals surface area contributed by atoms with Gasteiger partial charge in [-0.2, -0.15) is 0 Å². The topological polar surface area (TPSA) is 158 Å². The van der Waals surface area contributed by atoms with Crippen molar-refractivity contribution in [2.24, 2.45) is 0 Å². The van der Waals surface area contributed by atoms with Gasteiger partial charge in [-0.05, 0) is 45.7 Å². The molecule has 30 heavy (non-hydrogen) atoms. The van der Waals surface area contributed by atoms with E-state index in [-0.39, 0.29) is 36.7 Å². The van der Waals surface area contributed by atoms with Gasteiger partial charge in [0.15, 0.2) is 0 Å². The Hall–Kier alpha value is -2.69. The van der Waals surface area contributed by atoms with Gasteiger partial charge in [0.1, 0.15) is 6.04 Å². The van der Waals surface area contributed by atoms with E-state index in [0.29, 0.717) is 32.4 Å². The summed E-state index contributed by atoms with van der Waals surface area (Å²) >= 11 is 0. The minimum Gasteiger partial charge on any atom is -0.355 e. The molecule has 6 N–H and O–H groups in total. The van der Waals surface area contributed by atoms with Gasteiger partial charge >= 0.3 is 0 Å². The summed E-state index contributed by atoms with van der Waals surface area (Å²) in [6, 6.07) is -0.717. The van der Waals surface area contributed by atoms with Crippen LogP contribution in [0.4, 0.5) is 0 Å². The van der Waals surface area contributed by atoms with Crippen LogP contribution in [0.1, 0.15) is 46.0 Å². The summed E-state index contributed by atoms with van der Waals surface area (Å²) in [4.78, 5) is 57.7. The third kappa shape index (κ3) is 16.3. The van der Waals surface area contributed by atoms with E-state index in [9.17, 15) is 24.0 Å². The molecule has 0 aromatic carbocycles. The fraction of sp³-hybridized carbons (Fsp3) is 0.737. The molecule has 0 saturated heterocycles. The number of hydrogen-bond donors (Lipinski definition) is 6. The summed E-state index contributed by atoms with van der Waals surface area (Å²) in [7, 11) is 1.86. The van der Waals surface area contributed by atoms with E-state index >= 15 is 0 Å². The van der Waals surface area contributed by atoms with Gasteiger partial charge in [-0.1, -0.05) is 0 Å². The van der Waals surface area contributed by atoms with Crippen molar-refractivity contribution in [3.05, 3.63) is 0 Å². The minimum absolute atomic E-state index is 0.0763. The van der Waals surface area contributed by atoms with E-state index in [1.54, 1.807) is 0 Å². The molecule has 0 aliphatic rings. The molecule has 0 aliphatic carbocycles. The fourth-order valence-electron chi connectivity index (χ4n) is 2.45. The van der Waals surface area contributed by atoms with Crippen molar-refractivity contribution in [1.82, 2.24) is 31.9 Å². The van der Waals surface area contributed by atoms with Crippen LogP contribution in [-0.4, -0.2) is 75.3 Å². The van der Waals surface area contributed by atoms with Crippen molar-refractivity contribution < 1.29 is 24.0 Å². The van der Waals surface area contributed by atoms with Gasteiger partial charge in [-0.3, -0.25) is 24.0 Å². The Balaban J connectivity index is 4.37.